The first kappa shape index (κ1) is 27.0. The van der Waals surface area contributed by atoms with E-state index in [4.69, 9.17) is 4.74 Å². The Balaban J connectivity index is 1.77. The van der Waals surface area contributed by atoms with Crippen LogP contribution in [0.1, 0.15) is 25.8 Å². The van der Waals surface area contributed by atoms with Crippen molar-refractivity contribution < 1.29 is 40.7 Å². The molecule has 2 amide bonds. The van der Waals surface area contributed by atoms with Gasteiger partial charge in [-0.1, -0.05) is 24.8 Å². The van der Waals surface area contributed by atoms with Crippen molar-refractivity contribution in [3.05, 3.63) is 77.5 Å². The van der Waals surface area contributed by atoms with Crippen LogP contribution in [-0.4, -0.2) is 46.4 Å². The summed E-state index contributed by atoms with van der Waals surface area (Å²) in [5, 5.41) is 0.836. The molecule has 5 nitrogen and oxygen atoms in total. The lowest BCUT2D eigenvalue weighted by Gasteiger charge is -2.20. The molecule has 1 aromatic carbocycles. The van der Waals surface area contributed by atoms with Crippen LogP contribution in [0, 0.1) is 0 Å². The highest BCUT2D eigenvalue weighted by Gasteiger charge is 2.44. The van der Waals surface area contributed by atoms with Gasteiger partial charge in [-0.05, 0) is 55.7 Å². The van der Waals surface area contributed by atoms with Gasteiger partial charge in [-0.3, -0.25) is 9.78 Å². The Hall–Kier alpha value is -3.63. The van der Waals surface area contributed by atoms with E-state index in [-0.39, 0.29) is 18.9 Å². The Morgan fingerprint density at radius 1 is 1.11 bits per heavy atom. The number of fused-ring (bicyclic) bond motifs is 1. The number of carbonyl (C=O) groups is 2. The number of amides is 2. The highest BCUT2D eigenvalue weighted by Crippen LogP contribution is 2.34. The molecular weight excluding hydrogens is 490 g/mol. The number of pyridine rings is 1. The highest BCUT2D eigenvalue weighted by molar-refractivity contribution is 5.94. The molecule has 3 rings (SSSR count). The van der Waals surface area contributed by atoms with Gasteiger partial charge >= 0.3 is 18.4 Å². The molecule has 1 fully saturated rings. The number of carbonyl (C=O) groups excluding carboxylic acids is 2. The SMILES string of the molecule is C=C(/C=C(\C=C(/C)C(F)(F)F)C(F)(F)F)[C@H]1OC(=O)N(C(=O)CCc2cccc3ncccc23)[C@H]1C. The lowest BCUT2D eigenvalue weighted by Crippen LogP contribution is -2.39. The lowest BCUT2D eigenvalue weighted by atomic mass is 10.00. The van der Waals surface area contributed by atoms with E-state index in [9.17, 15) is 35.9 Å². The Morgan fingerprint density at radius 2 is 1.81 bits per heavy atom. The van der Waals surface area contributed by atoms with E-state index in [1.54, 1.807) is 18.3 Å². The molecule has 1 saturated heterocycles. The Labute approximate surface area is 202 Å². The third kappa shape index (κ3) is 5.95. The Kier molecular flexibility index (Phi) is 7.61. The van der Waals surface area contributed by atoms with Crippen LogP contribution in [0.2, 0.25) is 0 Å². The van der Waals surface area contributed by atoms with Crippen molar-refractivity contribution in [1.29, 1.82) is 0 Å². The van der Waals surface area contributed by atoms with E-state index >= 15 is 0 Å². The number of nitrogens with zero attached hydrogens (tertiary/aromatic N) is 2. The summed E-state index contributed by atoms with van der Waals surface area (Å²) in [5.74, 6) is -0.614. The van der Waals surface area contributed by atoms with E-state index in [1.165, 1.54) is 6.92 Å². The molecule has 2 atom stereocenters. The fourth-order valence-electron chi connectivity index (χ4n) is 3.83. The van der Waals surface area contributed by atoms with E-state index in [0.717, 1.165) is 21.4 Å². The van der Waals surface area contributed by atoms with E-state index in [1.807, 2.05) is 18.2 Å². The van der Waals surface area contributed by atoms with Crippen molar-refractivity contribution in [3.63, 3.8) is 0 Å². The average molecular weight is 512 g/mol. The number of aromatic nitrogens is 1. The molecule has 2 aromatic rings. The number of imide groups is 1. The Morgan fingerprint density at radius 3 is 2.44 bits per heavy atom. The second-order valence-corrected chi connectivity index (χ2v) is 8.29. The minimum absolute atomic E-state index is 0.0470. The quantitative estimate of drug-likeness (QED) is 0.330. The molecular formula is C25H22F6N2O3. The fourth-order valence-corrected chi connectivity index (χ4v) is 3.83. The third-order valence-corrected chi connectivity index (χ3v) is 5.74. The molecule has 0 saturated carbocycles. The van der Waals surface area contributed by atoms with Crippen molar-refractivity contribution >= 4 is 22.9 Å². The summed E-state index contributed by atoms with van der Waals surface area (Å²) in [6, 6.07) is 7.97. The third-order valence-electron chi connectivity index (χ3n) is 5.74. The minimum atomic E-state index is -5.12. The van der Waals surface area contributed by atoms with Crippen LogP contribution in [0.25, 0.3) is 10.9 Å². The van der Waals surface area contributed by atoms with Gasteiger partial charge in [-0.2, -0.15) is 26.3 Å². The molecule has 2 heterocycles. The molecule has 36 heavy (non-hydrogen) atoms. The first-order valence-corrected chi connectivity index (χ1v) is 10.8. The van der Waals surface area contributed by atoms with Crippen LogP contribution in [0.4, 0.5) is 31.1 Å². The molecule has 0 N–H and O–H groups in total. The topological polar surface area (TPSA) is 59.5 Å². The lowest BCUT2D eigenvalue weighted by molar-refractivity contribution is -0.129. The summed E-state index contributed by atoms with van der Waals surface area (Å²) in [4.78, 5) is 30.2. The van der Waals surface area contributed by atoms with Crippen molar-refractivity contribution in [1.82, 2.24) is 9.88 Å². The molecule has 1 aromatic heterocycles. The second kappa shape index (κ2) is 10.2. The van der Waals surface area contributed by atoms with E-state index in [0.29, 0.717) is 13.0 Å². The predicted molar refractivity (Wildman–Crippen MR) is 120 cm³/mol. The zero-order valence-corrected chi connectivity index (χ0v) is 19.3. The standard InChI is InChI=1S/C25H22F6N2O3/c1-14(12-18(25(29,30)31)13-15(2)24(26,27)28)22-16(3)33(23(35)36-22)21(34)10-9-17-6-4-8-20-19(17)7-5-11-32-20/h4-8,11-13,16,22H,1,9-10H2,2-3H3/b15-13+,18-12+/t16-,22+/m0/s1. The highest BCUT2D eigenvalue weighted by atomic mass is 19.4. The second-order valence-electron chi connectivity index (χ2n) is 8.29. The van der Waals surface area contributed by atoms with Crippen molar-refractivity contribution in [3.8, 4) is 0 Å². The normalized spacial score (nSPS) is 19.6. The molecule has 0 radical (unpaired) electrons. The molecule has 0 bridgehead atoms. The Bertz CT molecular complexity index is 1240. The summed E-state index contributed by atoms with van der Waals surface area (Å²) in [6.07, 6.45) is -10.4. The maximum absolute atomic E-state index is 13.4. The maximum Gasteiger partial charge on any atom is 0.417 e. The fraction of sp³-hybridized carbons (Fsp3) is 0.320. The largest absolute Gasteiger partial charge is 0.439 e. The van der Waals surface area contributed by atoms with Crippen molar-refractivity contribution in [2.45, 2.75) is 51.2 Å². The molecule has 1 aliphatic heterocycles. The van der Waals surface area contributed by atoms with Crippen LogP contribution in [0.15, 0.2) is 72.0 Å². The molecule has 0 aliphatic carbocycles. The molecule has 192 valence electrons. The van der Waals surface area contributed by atoms with Crippen LogP contribution >= 0.6 is 0 Å². The van der Waals surface area contributed by atoms with Gasteiger partial charge in [0, 0.05) is 23.6 Å². The first-order chi connectivity index (χ1) is 16.7. The zero-order valence-electron chi connectivity index (χ0n) is 19.3. The number of hydrogen-bond donors (Lipinski definition) is 0. The first-order valence-electron chi connectivity index (χ1n) is 10.8. The smallest absolute Gasteiger partial charge is 0.417 e. The number of aryl methyl sites for hydroxylation is 1. The number of allylic oxidation sites excluding steroid dienone is 3. The van der Waals surface area contributed by atoms with E-state index < -0.39 is 53.2 Å². The van der Waals surface area contributed by atoms with Gasteiger partial charge in [0.25, 0.3) is 0 Å². The van der Waals surface area contributed by atoms with Gasteiger partial charge in [-0.25, -0.2) is 9.69 Å². The predicted octanol–water partition coefficient (Wildman–Crippen LogP) is 6.46. The van der Waals surface area contributed by atoms with Crippen LogP contribution in [0.3, 0.4) is 0 Å². The van der Waals surface area contributed by atoms with Crippen LogP contribution in [-0.2, 0) is 16.0 Å². The zero-order chi connectivity index (χ0) is 26.8. The summed E-state index contributed by atoms with van der Waals surface area (Å²) in [6.45, 7) is 5.35. The van der Waals surface area contributed by atoms with Gasteiger partial charge in [0.1, 0.15) is 6.10 Å². The van der Waals surface area contributed by atoms with Crippen LogP contribution < -0.4 is 0 Å². The minimum Gasteiger partial charge on any atom is -0.439 e. The maximum atomic E-state index is 13.4. The van der Waals surface area contributed by atoms with Crippen molar-refractivity contribution in [2.75, 3.05) is 0 Å². The number of rotatable bonds is 6. The van der Waals surface area contributed by atoms with Gasteiger partial charge in [-0.15, -0.1) is 0 Å². The molecule has 11 heteroatoms. The average Bonchev–Trinajstić information content (AvgIpc) is 3.09. The molecule has 0 spiro atoms. The summed E-state index contributed by atoms with van der Waals surface area (Å²) < 4.78 is 83.5. The molecule has 0 unspecified atom stereocenters. The van der Waals surface area contributed by atoms with Crippen LogP contribution in [0.5, 0.6) is 0 Å². The number of cyclic esters (lactones) is 1. The summed E-state index contributed by atoms with van der Waals surface area (Å²) >= 11 is 0. The monoisotopic (exact) mass is 512 g/mol. The summed E-state index contributed by atoms with van der Waals surface area (Å²) in [5.41, 5.74) is -1.92. The number of benzene rings is 1. The van der Waals surface area contributed by atoms with Gasteiger partial charge in [0.15, 0.2) is 0 Å². The number of hydrogen-bond acceptors (Lipinski definition) is 4. The van der Waals surface area contributed by atoms with Crippen molar-refractivity contribution in [2.24, 2.45) is 0 Å². The number of halogens is 6. The summed E-state index contributed by atoms with van der Waals surface area (Å²) in [7, 11) is 0. The van der Waals surface area contributed by atoms with Gasteiger partial charge in [0.2, 0.25) is 5.91 Å². The van der Waals surface area contributed by atoms with Gasteiger partial charge < -0.3 is 4.74 Å². The number of ether oxygens (including phenoxy) is 1. The number of alkyl halides is 6. The molecule has 1 aliphatic rings. The van der Waals surface area contributed by atoms with E-state index in [2.05, 4.69) is 11.6 Å². The van der Waals surface area contributed by atoms with Gasteiger partial charge in [0.05, 0.1) is 17.1 Å².